The second-order valence-corrected chi connectivity index (χ2v) is 5.56. The molecular weight excluding hydrogens is 234 g/mol. The monoisotopic (exact) mass is 247 g/mol. The highest BCUT2D eigenvalue weighted by molar-refractivity contribution is 7.98. The number of aromatic nitrogens is 1. The van der Waals surface area contributed by atoms with Crippen LogP contribution >= 0.6 is 11.8 Å². The number of nitrogens with one attached hydrogen (secondary N) is 1. The van der Waals surface area contributed by atoms with Crippen LogP contribution in [0.3, 0.4) is 0 Å². The van der Waals surface area contributed by atoms with Crippen LogP contribution in [0.15, 0.2) is 23.2 Å². The molecule has 0 unspecified atom stereocenters. The predicted molar refractivity (Wildman–Crippen MR) is 62.2 cm³/mol. The maximum atomic E-state index is 11.6. The Morgan fingerprint density at radius 3 is 2.80 bits per heavy atom. The first kappa shape index (κ1) is 12.3. The van der Waals surface area contributed by atoms with Crippen LogP contribution < -0.4 is 10.5 Å². The molecule has 0 aliphatic rings. The summed E-state index contributed by atoms with van der Waals surface area (Å²) in [4.78, 5) is 3.86. The predicted octanol–water partition coefficient (Wildman–Crippen LogP) is 0.305. The second-order valence-electron chi connectivity index (χ2n) is 2.81. The average Bonchev–Trinajstić information content (AvgIpc) is 2.18. The summed E-state index contributed by atoms with van der Waals surface area (Å²) < 4.78 is 25.7. The molecule has 1 rings (SSSR count). The third kappa shape index (κ3) is 3.69. The van der Waals surface area contributed by atoms with E-state index in [0.29, 0.717) is 12.4 Å². The molecule has 0 aromatic carbocycles. The van der Waals surface area contributed by atoms with E-state index >= 15 is 0 Å². The van der Waals surface area contributed by atoms with E-state index in [4.69, 9.17) is 5.73 Å². The molecule has 1 aromatic heterocycles. The number of rotatable bonds is 5. The van der Waals surface area contributed by atoms with Gasteiger partial charge in [-0.3, -0.25) is 0 Å². The quantitative estimate of drug-likeness (QED) is 0.731. The van der Waals surface area contributed by atoms with Crippen LogP contribution in [0.1, 0.15) is 0 Å². The zero-order valence-electron chi connectivity index (χ0n) is 8.30. The first-order valence-electron chi connectivity index (χ1n) is 4.26. The second kappa shape index (κ2) is 5.34. The van der Waals surface area contributed by atoms with Gasteiger partial charge in [-0.15, -0.1) is 0 Å². The third-order valence-electron chi connectivity index (χ3n) is 1.67. The molecule has 0 saturated carbocycles. The first-order chi connectivity index (χ1) is 7.06. The van der Waals surface area contributed by atoms with Crippen LogP contribution in [-0.4, -0.2) is 32.0 Å². The van der Waals surface area contributed by atoms with Gasteiger partial charge < -0.3 is 5.73 Å². The highest BCUT2D eigenvalue weighted by Crippen LogP contribution is 2.08. The van der Waals surface area contributed by atoms with Gasteiger partial charge in [0.1, 0.15) is 10.7 Å². The van der Waals surface area contributed by atoms with Crippen LogP contribution in [0.2, 0.25) is 0 Å². The Labute approximate surface area is 93.5 Å². The van der Waals surface area contributed by atoms with Crippen molar-refractivity contribution in [2.75, 3.05) is 24.3 Å². The van der Waals surface area contributed by atoms with Gasteiger partial charge in [0.15, 0.2) is 0 Å². The molecule has 0 radical (unpaired) electrons. The minimum absolute atomic E-state index is 0.137. The van der Waals surface area contributed by atoms with E-state index in [0.717, 1.165) is 5.75 Å². The topological polar surface area (TPSA) is 85.1 Å². The lowest BCUT2D eigenvalue weighted by molar-refractivity contribution is 0.584. The molecule has 0 saturated heterocycles. The average molecular weight is 247 g/mol. The van der Waals surface area contributed by atoms with Crippen molar-refractivity contribution < 1.29 is 8.42 Å². The molecule has 0 fully saturated rings. The molecule has 0 bridgehead atoms. The summed E-state index contributed by atoms with van der Waals surface area (Å²) in [5.41, 5.74) is 5.36. The molecule has 0 spiro atoms. The summed E-state index contributed by atoms with van der Waals surface area (Å²) in [6.45, 7) is 0.411. The number of thioether (sulfide) groups is 1. The fourth-order valence-corrected chi connectivity index (χ4v) is 2.32. The SMILES string of the molecule is CSCCNS(=O)(=O)c1ccc(N)nc1. The van der Waals surface area contributed by atoms with Crippen molar-refractivity contribution in [3.63, 3.8) is 0 Å². The number of sulfonamides is 1. The Morgan fingerprint density at radius 2 is 2.27 bits per heavy atom. The van der Waals surface area contributed by atoms with Gasteiger partial charge in [-0.2, -0.15) is 11.8 Å². The highest BCUT2D eigenvalue weighted by atomic mass is 32.2. The van der Waals surface area contributed by atoms with Crippen LogP contribution in [0.25, 0.3) is 0 Å². The van der Waals surface area contributed by atoms with Crippen LogP contribution in [0.4, 0.5) is 5.82 Å². The Hall–Kier alpha value is -0.790. The highest BCUT2D eigenvalue weighted by Gasteiger charge is 2.12. The van der Waals surface area contributed by atoms with E-state index < -0.39 is 10.0 Å². The lowest BCUT2D eigenvalue weighted by Gasteiger charge is -2.05. The largest absolute Gasteiger partial charge is 0.384 e. The standard InChI is InChI=1S/C8H13N3O2S2/c1-14-5-4-11-15(12,13)7-2-3-8(9)10-6-7/h2-3,6,11H,4-5H2,1H3,(H2,9,10). The molecule has 1 heterocycles. The van der Waals surface area contributed by atoms with Crippen molar-refractivity contribution in [1.82, 2.24) is 9.71 Å². The van der Waals surface area contributed by atoms with E-state index in [1.165, 1.54) is 18.3 Å². The molecule has 84 valence electrons. The Kier molecular flexibility index (Phi) is 4.37. The van der Waals surface area contributed by atoms with Crippen molar-refractivity contribution in [2.24, 2.45) is 0 Å². The van der Waals surface area contributed by atoms with Crippen LogP contribution in [0, 0.1) is 0 Å². The van der Waals surface area contributed by atoms with E-state index in [2.05, 4.69) is 9.71 Å². The van der Waals surface area contributed by atoms with E-state index in [1.807, 2.05) is 6.26 Å². The normalized spacial score (nSPS) is 11.5. The molecular formula is C8H13N3O2S2. The summed E-state index contributed by atoms with van der Waals surface area (Å²) in [6, 6.07) is 2.90. The molecule has 0 aliphatic carbocycles. The van der Waals surface area contributed by atoms with Crippen LogP contribution in [-0.2, 0) is 10.0 Å². The molecule has 5 nitrogen and oxygen atoms in total. The summed E-state index contributed by atoms with van der Waals surface area (Å²) >= 11 is 1.58. The van der Waals surface area contributed by atoms with Crippen molar-refractivity contribution in [2.45, 2.75) is 4.90 Å². The van der Waals surface area contributed by atoms with Gasteiger partial charge in [0.05, 0.1) is 0 Å². The number of anilines is 1. The van der Waals surface area contributed by atoms with E-state index in [-0.39, 0.29) is 4.90 Å². The number of nitrogens with two attached hydrogens (primary N) is 1. The molecule has 0 aliphatic heterocycles. The van der Waals surface area contributed by atoms with E-state index in [1.54, 1.807) is 11.8 Å². The van der Waals surface area contributed by atoms with Crippen molar-refractivity contribution >= 4 is 27.6 Å². The fourth-order valence-electron chi connectivity index (χ4n) is 0.912. The molecule has 7 heteroatoms. The van der Waals surface area contributed by atoms with Crippen molar-refractivity contribution in [1.29, 1.82) is 0 Å². The summed E-state index contributed by atoms with van der Waals surface area (Å²) in [5.74, 6) is 1.04. The van der Waals surface area contributed by atoms with Gasteiger partial charge in [-0.1, -0.05) is 0 Å². The minimum Gasteiger partial charge on any atom is -0.384 e. The van der Waals surface area contributed by atoms with Crippen molar-refractivity contribution in [3.8, 4) is 0 Å². The maximum absolute atomic E-state index is 11.6. The Morgan fingerprint density at radius 1 is 1.53 bits per heavy atom. The number of hydrogen-bond donors (Lipinski definition) is 2. The number of nitrogens with zero attached hydrogens (tertiary/aromatic N) is 1. The molecule has 0 atom stereocenters. The summed E-state index contributed by atoms with van der Waals surface area (Å²) in [5, 5.41) is 0. The number of nitrogen functional groups attached to an aromatic ring is 1. The Bertz CT molecular complexity index is 402. The van der Waals surface area contributed by atoms with Gasteiger partial charge in [0, 0.05) is 18.5 Å². The number of pyridine rings is 1. The maximum Gasteiger partial charge on any atom is 0.242 e. The van der Waals surface area contributed by atoms with Gasteiger partial charge in [0.2, 0.25) is 10.0 Å². The van der Waals surface area contributed by atoms with Gasteiger partial charge in [-0.05, 0) is 18.4 Å². The first-order valence-corrected chi connectivity index (χ1v) is 7.14. The molecule has 3 N–H and O–H groups in total. The van der Waals surface area contributed by atoms with E-state index in [9.17, 15) is 8.42 Å². The number of hydrogen-bond acceptors (Lipinski definition) is 5. The third-order valence-corrected chi connectivity index (χ3v) is 3.73. The zero-order valence-corrected chi connectivity index (χ0v) is 9.94. The van der Waals surface area contributed by atoms with Gasteiger partial charge in [-0.25, -0.2) is 18.1 Å². The van der Waals surface area contributed by atoms with Gasteiger partial charge >= 0.3 is 0 Å². The Balaban J connectivity index is 2.73. The lowest BCUT2D eigenvalue weighted by Crippen LogP contribution is -2.26. The summed E-state index contributed by atoms with van der Waals surface area (Å²) in [6.07, 6.45) is 3.16. The fraction of sp³-hybridized carbons (Fsp3) is 0.375. The lowest BCUT2D eigenvalue weighted by atomic mass is 10.5. The summed E-state index contributed by atoms with van der Waals surface area (Å²) in [7, 11) is -3.43. The van der Waals surface area contributed by atoms with Gasteiger partial charge in [0.25, 0.3) is 0 Å². The zero-order chi connectivity index (χ0) is 11.3. The smallest absolute Gasteiger partial charge is 0.242 e. The van der Waals surface area contributed by atoms with Crippen LogP contribution in [0.5, 0.6) is 0 Å². The molecule has 1 aromatic rings. The molecule has 15 heavy (non-hydrogen) atoms. The minimum atomic E-state index is -3.43. The molecule has 0 amide bonds. The van der Waals surface area contributed by atoms with Crippen molar-refractivity contribution in [3.05, 3.63) is 18.3 Å².